The molecule has 0 aromatic carbocycles. The van der Waals surface area contributed by atoms with Crippen LogP contribution in [0.1, 0.15) is 38.3 Å². The van der Waals surface area contributed by atoms with E-state index in [0.29, 0.717) is 19.5 Å². The molecule has 1 aromatic rings. The van der Waals surface area contributed by atoms with E-state index in [2.05, 4.69) is 19.9 Å². The Labute approximate surface area is 182 Å². The molecule has 4 rings (SSSR count). The normalized spacial score (nSPS) is 31.5. The number of alkyl halides is 4. The maximum absolute atomic E-state index is 14.0. The van der Waals surface area contributed by atoms with Crippen LogP contribution in [0.3, 0.4) is 0 Å². The zero-order valence-corrected chi connectivity index (χ0v) is 18.0. The molecule has 3 aliphatic rings. The average molecular weight is 459 g/mol. The second-order valence-electron chi connectivity index (χ2n) is 8.72. The lowest BCUT2D eigenvalue weighted by Crippen LogP contribution is -2.57. The highest BCUT2D eigenvalue weighted by Gasteiger charge is 2.50. The van der Waals surface area contributed by atoms with Gasteiger partial charge in [-0.15, -0.1) is 0 Å². The minimum atomic E-state index is -4.57. The summed E-state index contributed by atoms with van der Waals surface area (Å²) in [6.45, 7) is 3.60. The summed E-state index contributed by atoms with van der Waals surface area (Å²) < 4.78 is 53.7. The van der Waals surface area contributed by atoms with Gasteiger partial charge in [0.15, 0.2) is 11.5 Å². The lowest BCUT2D eigenvalue weighted by molar-refractivity contribution is -0.143. The molecular weight excluding hydrogens is 432 g/mol. The van der Waals surface area contributed by atoms with Crippen molar-refractivity contribution >= 4 is 22.6 Å². The van der Waals surface area contributed by atoms with Crippen LogP contribution in [0.15, 0.2) is 33.2 Å². The number of rotatable bonds is 2. The second-order valence-corrected chi connectivity index (χ2v) is 9.75. The van der Waals surface area contributed by atoms with Gasteiger partial charge in [0.2, 0.25) is 0 Å². The molecule has 2 aliphatic heterocycles. The fourth-order valence-corrected chi connectivity index (χ4v) is 5.76. The quantitative estimate of drug-likeness (QED) is 0.664. The van der Waals surface area contributed by atoms with E-state index in [1.54, 1.807) is 0 Å². The van der Waals surface area contributed by atoms with Gasteiger partial charge in [0, 0.05) is 30.2 Å². The largest absolute Gasteiger partial charge is 0.434 e. The summed E-state index contributed by atoms with van der Waals surface area (Å²) in [5.41, 5.74) is 10.5. The molecule has 1 aromatic heterocycles. The molecule has 2 fully saturated rings. The first kappa shape index (κ1) is 22.5. The van der Waals surface area contributed by atoms with Gasteiger partial charge in [0.1, 0.15) is 16.9 Å². The van der Waals surface area contributed by atoms with Crippen LogP contribution in [-0.2, 0) is 6.18 Å². The van der Waals surface area contributed by atoms with E-state index in [9.17, 15) is 17.6 Å². The topological polar surface area (TPSA) is 92.9 Å². The third-order valence-corrected chi connectivity index (χ3v) is 7.88. The second kappa shape index (κ2) is 8.00. The Morgan fingerprint density at radius 3 is 2.52 bits per heavy atom. The molecule has 3 heterocycles. The monoisotopic (exact) mass is 458 g/mol. The number of halogens is 4. The summed E-state index contributed by atoms with van der Waals surface area (Å²) in [4.78, 5) is 14.7. The number of amidine groups is 1. The molecule has 1 spiro atoms. The van der Waals surface area contributed by atoms with Gasteiger partial charge in [-0.1, -0.05) is 11.8 Å². The number of likely N-dealkylation sites (tertiary alicyclic amines) is 1. The summed E-state index contributed by atoms with van der Waals surface area (Å²) in [6.07, 6.45) is -1.51. The smallest absolute Gasteiger partial charge is 0.382 e. The third kappa shape index (κ3) is 4.19. The Bertz CT molecular complexity index is 896. The summed E-state index contributed by atoms with van der Waals surface area (Å²) >= 11 is 0.824. The first-order chi connectivity index (χ1) is 14.5. The van der Waals surface area contributed by atoms with E-state index in [0.717, 1.165) is 37.2 Å². The number of piperidine rings is 1. The average Bonchev–Trinajstić information content (AvgIpc) is 2.99. The van der Waals surface area contributed by atoms with Gasteiger partial charge in [0.05, 0.1) is 6.54 Å². The molecule has 0 radical (unpaired) electrons. The fourth-order valence-electron chi connectivity index (χ4n) is 4.86. The highest BCUT2D eigenvalue weighted by Crippen LogP contribution is 2.47. The molecule has 0 amide bonds. The van der Waals surface area contributed by atoms with Gasteiger partial charge in [-0.25, -0.2) is 9.38 Å². The molecule has 11 heteroatoms. The zero-order valence-electron chi connectivity index (χ0n) is 17.2. The standard InChI is InChI=1S/C20H26F4N6S/c1-18(30-9-6-19(7-10-30)5-4-12(21)14(19)25)11-28-17(16(26)29-18)31-13-3-2-8-27-15(13)20(22,23)24/h2-3,8,12,14H,4-7,9-11,25H2,1H3,(H2,26,29). The summed E-state index contributed by atoms with van der Waals surface area (Å²) in [7, 11) is 0. The molecule has 3 unspecified atom stereocenters. The Hall–Kier alpha value is -1.72. The van der Waals surface area contributed by atoms with E-state index in [-0.39, 0.29) is 27.7 Å². The Morgan fingerprint density at radius 1 is 1.23 bits per heavy atom. The number of pyridine rings is 1. The molecule has 3 atom stereocenters. The number of nitrogens with two attached hydrogens (primary N) is 2. The minimum Gasteiger partial charge on any atom is -0.382 e. The van der Waals surface area contributed by atoms with Crippen LogP contribution < -0.4 is 11.5 Å². The highest BCUT2D eigenvalue weighted by atomic mass is 32.2. The Kier molecular flexibility index (Phi) is 5.80. The van der Waals surface area contributed by atoms with Crippen molar-refractivity contribution in [2.75, 3.05) is 19.6 Å². The van der Waals surface area contributed by atoms with Gasteiger partial charge >= 0.3 is 6.18 Å². The SMILES string of the molecule is CC1(N2CCC3(CCC(F)C3N)CC2)CN=C(Sc2cccnc2C(F)(F)F)C(N)=N1. The van der Waals surface area contributed by atoms with Crippen molar-refractivity contribution in [1.29, 1.82) is 0 Å². The molecule has 31 heavy (non-hydrogen) atoms. The number of hydrogen-bond acceptors (Lipinski definition) is 7. The highest BCUT2D eigenvalue weighted by molar-refractivity contribution is 8.15. The fraction of sp³-hybridized carbons (Fsp3) is 0.650. The van der Waals surface area contributed by atoms with Crippen molar-refractivity contribution < 1.29 is 17.6 Å². The van der Waals surface area contributed by atoms with Gasteiger partial charge in [-0.2, -0.15) is 13.2 Å². The number of nitrogens with zero attached hydrogens (tertiary/aromatic N) is 4. The van der Waals surface area contributed by atoms with Crippen LogP contribution in [0.4, 0.5) is 17.6 Å². The van der Waals surface area contributed by atoms with Crippen LogP contribution in [0.5, 0.6) is 0 Å². The number of thioether (sulfide) groups is 1. The minimum absolute atomic E-state index is 0.0635. The first-order valence-corrected chi connectivity index (χ1v) is 11.1. The predicted octanol–water partition coefficient (Wildman–Crippen LogP) is 3.22. The van der Waals surface area contributed by atoms with Crippen molar-refractivity contribution in [3.05, 3.63) is 24.0 Å². The Balaban J connectivity index is 1.45. The van der Waals surface area contributed by atoms with E-state index < -0.39 is 29.7 Å². The van der Waals surface area contributed by atoms with E-state index in [1.165, 1.54) is 12.1 Å². The number of aliphatic imine (C=N–C) groups is 2. The lowest BCUT2D eigenvalue weighted by atomic mass is 9.73. The molecule has 6 nitrogen and oxygen atoms in total. The third-order valence-electron chi connectivity index (χ3n) is 6.80. The van der Waals surface area contributed by atoms with Crippen LogP contribution in [0, 0.1) is 5.41 Å². The summed E-state index contributed by atoms with van der Waals surface area (Å²) in [6, 6.07) is 2.36. The molecule has 1 saturated heterocycles. The van der Waals surface area contributed by atoms with Crippen molar-refractivity contribution in [1.82, 2.24) is 9.88 Å². The maximum atomic E-state index is 14.0. The van der Waals surface area contributed by atoms with Crippen molar-refractivity contribution in [3.8, 4) is 0 Å². The Morgan fingerprint density at radius 2 is 1.94 bits per heavy atom. The van der Waals surface area contributed by atoms with Gasteiger partial charge in [-0.05, 0) is 50.2 Å². The van der Waals surface area contributed by atoms with E-state index in [1.807, 2.05) is 6.92 Å². The van der Waals surface area contributed by atoms with Crippen LogP contribution in [0.2, 0.25) is 0 Å². The first-order valence-electron chi connectivity index (χ1n) is 10.3. The van der Waals surface area contributed by atoms with Crippen molar-refractivity contribution in [2.24, 2.45) is 26.9 Å². The molecular formula is C20H26F4N6S. The van der Waals surface area contributed by atoms with Gasteiger partial charge < -0.3 is 11.5 Å². The maximum Gasteiger partial charge on any atom is 0.434 e. The van der Waals surface area contributed by atoms with Gasteiger partial charge in [0.25, 0.3) is 0 Å². The summed E-state index contributed by atoms with van der Waals surface area (Å²) in [5, 5.41) is 0.252. The molecule has 170 valence electrons. The van der Waals surface area contributed by atoms with Gasteiger partial charge in [-0.3, -0.25) is 14.9 Å². The van der Waals surface area contributed by atoms with E-state index >= 15 is 0 Å². The number of hydrogen-bond donors (Lipinski definition) is 2. The molecule has 1 saturated carbocycles. The number of aromatic nitrogens is 1. The van der Waals surface area contributed by atoms with Crippen molar-refractivity contribution in [3.63, 3.8) is 0 Å². The summed E-state index contributed by atoms with van der Waals surface area (Å²) in [5.74, 6) is 0.109. The lowest BCUT2D eigenvalue weighted by Gasteiger charge is -2.47. The van der Waals surface area contributed by atoms with E-state index in [4.69, 9.17) is 11.5 Å². The van der Waals surface area contributed by atoms with Crippen LogP contribution >= 0.6 is 11.8 Å². The molecule has 4 N–H and O–H groups in total. The van der Waals surface area contributed by atoms with Crippen LogP contribution in [-0.4, -0.2) is 58.3 Å². The zero-order chi connectivity index (χ0) is 22.4. The van der Waals surface area contributed by atoms with Crippen LogP contribution in [0.25, 0.3) is 0 Å². The molecule has 1 aliphatic carbocycles. The molecule has 0 bridgehead atoms. The van der Waals surface area contributed by atoms with Crippen molar-refractivity contribution in [2.45, 2.75) is 61.6 Å². The predicted molar refractivity (Wildman–Crippen MR) is 113 cm³/mol.